The Labute approximate surface area is 118 Å². The molecule has 0 saturated carbocycles. The molecule has 0 unspecified atom stereocenters. The average molecular weight is 345 g/mol. The van der Waals surface area contributed by atoms with Gasteiger partial charge in [-0.25, -0.2) is 4.98 Å². The zero-order chi connectivity index (χ0) is 16.7. The molecule has 0 bridgehead atoms. The maximum absolute atomic E-state index is 10.7. The van der Waals surface area contributed by atoms with Gasteiger partial charge in [-0.1, -0.05) is 29.1 Å². The Hall–Kier alpha value is -2.16. The van der Waals surface area contributed by atoms with Crippen LogP contribution in [0.4, 0.5) is 25.2 Å². The molecular weight excluding hydrogens is 337 g/mol. The number of benzene rings is 1. The van der Waals surface area contributed by atoms with Crippen molar-refractivity contribution in [2.24, 2.45) is 0 Å². The fourth-order valence-electron chi connectivity index (χ4n) is 1.63. The third kappa shape index (κ3) is 4.69. The van der Waals surface area contributed by atoms with E-state index in [2.05, 4.69) is 15.3 Å². The zero-order valence-corrected chi connectivity index (χ0v) is 11.7. The van der Waals surface area contributed by atoms with Gasteiger partial charge >= 0.3 is 33.0 Å². The molecule has 0 aliphatic carbocycles. The minimum absolute atomic E-state index is 0.635. The number of hydrogen-bond donors (Lipinski definition) is 0. The predicted octanol–water partition coefficient (Wildman–Crippen LogP) is 4.42. The first-order valence-electron chi connectivity index (χ1n) is 5.55. The first-order valence-corrected chi connectivity index (χ1v) is 7.58. The van der Waals surface area contributed by atoms with Crippen molar-refractivity contribution in [3.8, 4) is 0 Å². The Morgan fingerprint density at radius 2 is 1.64 bits per heavy atom. The van der Waals surface area contributed by atoms with E-state index in [0.717, 1.165) is 16.3 Å². The first-order chi connectivity index (χ1) is 9.85. The van der Waals surface area contributed by atoms with E-state index in [0.29, 0.717) is 5.65 Å². The van der Waals surface area contributed by atoms with Gasteiger partial charge in [-0.2, -0.15) is 0 Å². The van der Waals surface area contributed by atoms with Gasteiger partial charge in [0.15, 0.2) is 0 Å². The molecule has 2 aromatic heterocycles. The molecule has 0 amide bonds. The summed E-state index contributed by atoms with van der Waals surface area (Å²) in [6.07, 6.45) is 1.79. The quantitative estimate of drug-likeness (QED) is 0.484. The summed E-state index contributed by atoms with van der Waals surface area (Å²) >= 11 is 0. The summed E-state index contributed by atoms with van der Waals surface area (Å²) < 4.78 is 59.2. The SMILES string of the molecule is COn1nnc2c3ccccc3cnc21.F[P-](F)(F)(F)(F)F. The van der Waals surface area contributed by atoms with Gasteiger partial charge in [0, 0.05) is 17.0 Å². The van der Waals surface area contributed by atoms with Crippen molar-refractivity contribution in [3.05, 3.63) is 30.5 Å². The molecule has 0 atom stereocenters. The summed E-state index contributed by atoms with van der Waals surface area (Å²) in [5.41, 5.74) is 1.39. The van der Waals surface area contributed by atoms with Crippen LogP contribution in [0.3, 0.4) is 0 Å². The number of hydrogen-bond acceptors (Lipinski definition) is 4. The summed E-state index contributed by atoms with van der Waals surface area (Å²) in [6, 6.07) is 7.92. The van der Waals surface area contributed by atoms with E-state index >= 15 is 0 Å². The summed E-state index contributed by atoms with van der Waals surface area (Å²) in [5, 5.41) is 9.97. The van der Waals surface area contributed by atoms with Crippen molar-refractivity contribution in [1.82, 2.24) is 20.1 Å². The van der Waals surface area contributed by atoms with Crippen molar-refractivity contribution in [2.75, 3.05) is 7.11 Å². The normalized spacial score (nSPS) is 14.9. The molecule has 0 radical (unpaired) electrons. The van der Waals surface area contributed by atoms with Gasteiger partial charge in [-0.05, 0) is 5.21 Å². The van der Waals surface area contributed by atoms with E-state index in [1.165, 1.54) is 12.0 Å². The molecule has 3 rings (SSSR count). The molecule has 12 heteroatoms. The molecule has 1 aromatic carbocycles. The van der Waals surface area contributed by atoms with E-state index in [1.807, 2.05) is 24.3 Å². The monoisotopic (exact) mass is 345 g/mol. The number of pyridine rings is 1. The first kappa shape index (κ1) is 16.2. The topological polar surface area (TPSA) is 52.8 Å². The van der Waals surface area contributed by atoms with Gasteiger partial charge in [0.1, 0.15) is 12.6 Å². The van der Waals surface area contributed by atoms with Crippen LogP contribution in [0, 0.1) is 0 Å². The molecule has 5 nitrogen and oxygen atoms in total. The van der Waals surface area contributed by atoms with Crippen LogP contribution in [-0.4, -0.2) is 27.3 Å². The molecular formula is C10H8F6N4OP-. The van der Waals surface area contributed by atoms with Crippen LogP contribution in [0.15, 0.2) is 30.5 Å². The van der Waals surface area contributed by atoms with E-state index in [9.17, 15) is 25.2 Å². The maximum atomic E-state index is 9.87. The van der Waals surface area contributed by atoms with Crippen LogP contribution < -0.4 is 4.84 Å². The second kappa shape index (κ2) is 4.42. The summed E-state index contributed by atoms with van der Waals surface area (Å²) in [7, 11) is -9.12. The van der Waals surface area contributed by atoms with Crippen LogP contribution >= 0.6 is 7.81 Å². The number of rotatable bonds is 1. The molecule has 3 aromatic rings. The Kier molecular flexibility index (Phi) is 3.26. The third-order valence-corrected chi connectivity index (χ3v) is 2.33. The van der Waals surface area contributed by atoms with Gasteiger partial charge < -0.3 is 4.84 Å². The van der Waals surface area contributed by atoms with Gasteiger partial charge in [0.25, 0.3) is 0 Å². The van der Waals surface area contributed by atoms with E-state index < -0.39 is 7.81 Å². The Morgan fingerprint density at radius 1 is 1.05 bits per heavy atom. The molecule has 0 aliphatic rings. The van der Waals surface area contributed by atoms with Crippen LogP contribution in [-0.2, 0) is 0 Å². The second-order valence-corrected chi connectivity index (χ2v) is 6.04. The van der Waals surface area contributed by atoms with Gasteiger partial charge in [0.2, 0.25) is 5.65 Å². The standard InChI is InChI=1S/C10H8N4O.F6P/c1-15-14-10-9(12-13-14)8-5-3-2-4-7(8)6-11-10;1-7(2,3,4,5)6/h2-6H,1H3;/q;-1. The van der Waals surface area contributed by atoms with E-state index in [4.69, 9.17) is 4.84 Å². The Bertz CT molecular complexity index is 820. The van der Waals surface area contributed by atoms with Crippen molar-refractivity contribution in [3.63, 3.8) is 0 Å². The fourth-order valence-corrected chi connectivity index (χ4v) is 1.63. The van der Waals surface area contributed by atoms with Crippen LogP contribution in [0.25, 0.3) is 21.9 Å². The summed E-state index contributed by atoms with van der Waals surface area (Å²) in [5.74, 6) is 0. The van der Waals surface area contributed by atoms with Crippen molar-refractivity contribution in [1.29, 1.82) is 0 Å². The molecule has 0 N–H and O–H groups in total. The van der Waals surface area contributed by atoms with Gasteiger partial charge in [0.05, 0.1) is 0 Å². The van der Waals surface area contributed by atoms with E-state index in [1.54, 1.807) is 6.20 Å². The Balaban J connectivity index is 0.000000217. The molecule has 122 valence electrons. The number of halogens is 6. The van der Waals surface area contributed by atoms with Gasteiger partial charge in [-0.3, -0.25) is 0 Å². The van der Waals surface area contributed by atoms with Crippen molar-refractivity contribution in [2.45, 2.75) is 0 Å². The molecule has 0 aliphatic heterocycles. The van der Waals surface area contributed by atoms with Crippen molar-refractivity contribution >= 4 is 29.7 Å². The number of fused-ring (bicyclic) bond motifs is 3. The van der Waals surface area contributed by atoms with Crippen LogP contribution in [0.5, 0.6) is 0 Å². The molecule has 0 saturated heterocycles. The average Bonchev–Trinajstić information content (AvgIpc) is 2.78. The molecule has 0 fully saturated rings. The fraction of sp³-hybridized carbons (Fsp3) is 0.100. The number of nitrogens with zero attached hydrogens (tertiary/aromatic N) is 4. The zero-order valence-electron chi connectivity index (χ0n) is 10.8. The van der Waals surface area contributed by atoms with E-state index in [-0.39, 0.29) is 0 Å². The van der Waals surface area contributed by atoms with Gasteiger partial charge in [-0.15, -0.1) is 5.10 Å². The molecule has 2 heterocycles. The Morgan fingerprint density at radius 3 is 2.23 bits per heavy atom. The molecule has 22 heavy (non-hydrogen) atoms. The van der Waals surface area contributed by atoms with Crippen molar-refractivity contribution < 1.29 is 30.0 Å². The van der Waals surface area contributed by atoms with Crippen LogP contribution in [0.2, 0.25) is 0 Å². The summed E-state index contributed by atoms with van der Waals surface area (Å²) in [6.45, 7) is 0. The minimum atomic E-state index is -10.7. The third-order valence-electron chi connectivity index (χ3n) is 2.33. The predicted molar refractivity (Wildman–Crippen MR) is 68.9 cm³/mol. The second-order valence-electron chi connectivity index (χ2n) is 4.12. The molecule has 0 spiro atoms. The van der Waals surface area contributed by atoms with Crippen LogP contribution in [0.1, 0.15) is 0 Å². The number of aromatic nitrogens is 4. The summed E-state index contributed by atoms with van der Waals surface area (Å²) in [4.78, 5) is 10.6.